The SMILES string of the molecule is COc1cc(C2[OH+]c3cc(O)cc(O)c3C=C2O[C@@H]2O[C@@H](CO[C@@H]3O[C@@H](C)[C@H](O)[C@@H](O)[C@@H]3O)[C@@H](O)[C@H](O)[C@@H]2O[C@H]2OC[C@H](O)[C@@H](O)[C@H]2O)cc(O)c1O. The van der Waals surface area contributed by atoms with Crippen LogP contribution >= 0.6 is 0 Å². The van der Waals surface area contributed by atoms with Gasteiger partial charge in [0.1, 0.15) is 72.0 Å². The third-order valence-corrected chi connectivity index (χ3v) is 9.43. The zero-order chi connectivity index (χ0) is 38.5. The predicted molar refractivity (Wildman–Crippen MR) is 171 cm³/mol. The molecule has 4 aliphatic heterocycles. The molecule has 294 valence electrons. The van der Waals surface area contributed by atoms with Crippen LogP contribution in [0.5, 0.6) is 34.5 Å². The number of aliphatic hydroxyl groups is 9. The molecule has 4 aliphatic rings. The number of fused-ring (bicyclic) bond motifs is 1. The van der Waals surface area contributed by atoms with Crippen LogP contribution in [-0.2, 0) is 28.4 Å². The number of rotatable bonds is 9. The number of ether oxygens (including phenoxy) is 8. The first-order valence-corrected chi connectivity index (χ1v) is 16.5. The number of aromatic hydroxyl groups is 5. The molecule has 20 heteroatoms. The summed E-state index contributed by atoms with van der Waals surface area (Å²) >= 11 is 0. The minimum Gasteiger partial charge on any atom is -0.571 e. The van der Waals surface area contributed by atoms with Crippen LogP contribution in [0.1, 0.15) is 24.2 Å². The second-order valence-electron chi connectivity index (χ2n) is 13.1. The van der Waals surface area contributed by atoms with E-state index in [-0.39, 0.29) is 34.1 Å². The van der Waals surface area contributed by atoms with Gasteiger partial charge in [0.15, 0.2) is 35.9 Å². The second-order valence-corrected chi connectivity index (χ2v) is 13.1. The molecule has 1 unspecified atom stereocenters. The largest absolute Gasteiger partial charge is 0.571 e. The summed E-state index contributed by atoms with van der Waals surface area (Å²) in [5, 5.41) is 126. The molecule has 0 aliphatic carbocycles. The van der Waals surface area contributed by atoms with E-state index in [0.29, 0.717) is 0 Å². The van der Waals surface area contributed by atoms with E-state index in [0.717, 1.165) is 12.1 Å². The molecule has 0 radical (unpaired) electrons. The summed E-state index contributed by atoms with van der Waals surface area (Å²) in [5.74, 6) is -2.19. The molecule has 6 rings (SSSR count). The van der Waals surface area contributed by atoms with Crippen molar-refractivity contribution >= 4 is 6.08 Å². The molecular formula is C33H43O20+. The lowest BCUT2D eigenvalue weighted by molar-refractivity contribution is -0.360. The van der Waals surface area contributed by atoms with Gasteiger partial charge in [-0.05, 0) is 19.1 Å². The Kier molecular flexibility index (Phi) is 11.4. The van der Waals surface area contributed by atoms with Crippen LogP contribution in [0.4, 0.5) is 0 Å². The van der Waals surface area contributed by atoms with Gasteiger partial charge in [0.25, 0.3) is 11.9 Å². The van der Waals surface area contributed by atoms with E-state index in [2.05, 4.69) is 4.74 Å². The lowest BCUT2D eigenvalue weighted by Gasteiger charge is -2.45. The molecule has 15 atom stereocenters. The van der Waals surface area contributed by atoms with E-state index in [9.17, 15) is 61.3 Å². The van der Waals surface area contributed by atoms with Crippen LogP contribution in [0, 0.1) is 0 Å². The Morgan fingerprint density at radius 3 is 2.19 bits per heavy atom. The van der Waals surface area contributed by atoms with Crippen molar-refractivity contribution in [1.29, 1.82) is 0 Å². The maximum Gasteiger partial charge on any atom is 0.270 e. The van der Waals surface area contributed by atoms with Crippen molar-refractivity contribution in [2.45, 2.75) is 99.0 Å². The highest BCUT2D eigenvalue weighted by molar-refractivity contribution is 5.69. The van der Waals surface area contributed by atoms with Gasteiger partial charge < -0.3 is 99.2 Å². The van der Waals surface area contributed by atoms with Crippen molar-refractivity contribution in [2.75, 3.05) is 20.3 Å². The molecule has 4 heterocycles. The van der Waals surface area contributed by atoms with Crippen LogP contribution < -0.4 is 4.74 Å². The van der Waals surface area contributed by atoms with E-state index < -0.39 is 123 Å². The molecule has 2 aromatic carbocycles. The van der Waals surface area contributed by atoms with Crippen LogP contribution in [0.25, 0.3) is 6.08 Å². The minimum atomic E-state index is -1.93. The summed E-state index contributed by atoms with van der Waals surface area (Å²) in [6.07, 6.45) is -22.8. The number of phenolic OH excluding ortho intramolecular Hbond substituents is 4. The van der Waals surface area contributed by atoms with Gasteiger partial charge in [-0.3, -0.25) is 0 Å². The second kappa shape index (κ2) is 15.5. The third kappa shape index (κ3) is 7.64. The first-order chi connectivity index (χ1) is 25.1. The van der Waals surface area contributed by atoms with Crippen LogP contribution in [-0.4, -0.2) is 172 Å². The maximum atomic E-state index is 11.4. The average molecular weight is 760 g/mol. The topological polar surface area (TPSA) is 320 Å². The van der Waals surface area contributed by atoms with E-state index in [1.54, 1.807) is 0 Å². The highest BCUT2D eigenvalue weighted by Gasteiger charge is 2.52. The molecule has 13 N–H and O–H groups in total. The first kappa shape index (κ1) is 39.0. The van der Waals surface area contributed by atoms with Crippen molar-refractivity contribution in [3.8, 4) is 34.5 Å². The number of hydrogen-bond acceptors (Lipinski definition) is 19. The molecule has 0 amide bonds. The highest BCUT2D eigenvalue weighted by atomic mass is 16.8. The molecule has 0 bridgehead atoms. The van der Waals surface area contributed by atoms with Gasteiger partial charge in [-0.2, -0.15) is 0 Å². The Hall–Kier alpha value is -3.74. The molecule has 0 aromatic heterocycles. The lowest BCUT2D eigenvalue weighted by atomic mass is 9.97. The fraction of sp³-hybridized carbons (Fsp3) is 0.576. The lowest BCUT2D eigenvalue weighted by Crippen LogP contribution is -2.63. The van der Waals surface area contributed by atoms with E-state index in [1.165, 1.54) is 32.2 Å². The monoisotopic (exact) mass is 759 g/mol. The summed E-state index contributed by atoms with van der Waals surface area (Å²) in [5.41, 5.74) is 0.200. The van der Waals surface area contributed by atoms with Gasteiger partial charge in [0.05, 0.1) is 38.1 Å². The zero-order valence-corrected chi connectivity index (χ0v) is 28.1. The fourth-order valence-corrected chi connectivity index (χ4v) is 6.36. The standard InChI is InChI=1S/C33H42O20/c1-10-21(38)25(42)28(45)31(49-10)48-9-20-24(41)26(43)30(53-32-27(44)23(40)16(37)8-47-32)33(52-20)51-19-7-13-14(35)5-12(34)6-17(13)50-29(19)11-3-15(36)22(39)18(4-11)46-2/h3-7,10,16,20-21,23-45H,8-9H2,1-2H3/p+1/t10-,16-,20-,21-,23+,24+,25+,26-,27+,28-,29?,30-,31+,32+,33+/m0/s1. The number of aliphatic hydroxyl groups excluding tert-OH is 8. The average Bonchev–Trinajstić information content (AvgIpc) is 3.12. The quantitative estimate of drug-likeness (QED) is 0.0894. The van der Waals surface area contributed by atoms with Crippen molar-refractivity contribution < 1.29 is 99.2 Å². The van der Waals surface area contributed by atoms with Crippen molar-refractivity contribution in [3.05, 3.63) is 41.2 Å². The normalized spacial score (nSPS) is 38.7. The summed E-state index contributed by atoms with van der Waals surface area (Å²) in [6, 6.07) is 4.74. The fourth-order valence-electron chi connectivity index (χ4n) is 6.36. The van der Waals surface area contributed by atoms with E-state index in [4.69, 9.17) is 33.2 Å². The van der Waals surface area contributed by atoms with Gasteiger partial charge >= 0.3 is 0 Å². The molecule has 20 nitrogen and oxygen atoms in total. The van der Waals surface area contributed by atoms with Crippen LogP contribution in [0.3, 0.4) is 0 Å². The molecule has 53 heavy (non-hydrogen) atoms. The summed E-state index contributed by atoms with van der Waals surface area (Å²) in [4.78, 5) is 0. The highest BCUT2D eigenvalue weighted by Crippen LogP contribution is 2.48. The Morgan fingerprint density at radius 2 is 1.47 bits per heavy atom. The maximum absolute atomic E-state index is 11.4. The van der Waals surface area contributed by atoms with Crippen LogP contribution in [0.15, 0.2) is 30.0 Å². The Morgan fingerprint density at radius 1 is 0.755 bits per heavy atom. The third-order valence-electron chi connectivity index (χ3n) is 9.43. The van der Waals surface area contributed by atoms with Gasteiger partial charge in [-0.1, -0.05) is 0 Å². The molecular weight excluding hydrogens is 716 g/mol. The van der Waals surface area contributed by atoms with Gasteiger partial charge in [-0.15, -0.1) is 0 Å². The molecule has 2 aromatic rings. The minimum absolute atomic E-state index is 0.0548. The summed E-state index contributed by atoms with van der Waals surface area (Å²) in [6.45, 7) is 0.324. The molecule has 3 fully saturated rings. The summed E-state index contributed by atoms with van der Waals surface area (Å²) < 4.78 is 44.3. The smallest absolute Gasteiger partial charge is 0.270 e. The van der Waals surface area contributed by atoms with Crippen molar-refractivity contribution in [1.82, 2.24) is 0 Å². The summed E-state index contributed by atoms with van der Waals surface area (Å²) in [7, 11) is 1.24. The van der Waals surface area contributed by atoms with Gasteiger partial charge in [-0.25, -0.2) is 0 Å². The number of methoxy groups -OCH3 is 1. The number of phenols is 4. The van der Waals surface area contributed by atoms with Gasteiger partial charge in [0, 0.05) is 12.1 Å². The van der Waals surface area contributed by atoms with Crippen molar-refractivity contribution in [2.24, 2.45) is 0 Å². The molecule has 3 saturated heterocycles. The zero-order valence-electron chi connectivity index (χ0n) is 28.1. The van der Waals surface area contributed by atoms with E-state index >= 15 is 0 Å². The number of hydrogen-bond donors (Lipinski definition) is 12. The predicted octanol–water partition coefficient (Wildman–Crippen LogP) is -3.01. The first-order valence-electron chi connectivity index (χ1n) is 16.5. The Balaban J connectivity index is 1.35. The molecule has 0 saturated carbocycles. The van der Waals surface area contributed by atoms with E-state index in [1.807, 2.05) is 0 Å². The van der Waals surface area contributed by atoms with Crippen LogP contribution in [0.2, 0.25) is 0 Å². The van der Waals surface area contributed by atoms with Gasteiger partial charge in [0.2, 0.25) is 12.0 Å². The Bertz CT molecular complexity index is 1640. The Labute approximate surface area is 300 Å². The number of benzene rings is 2. The molecule has 0 spiro atoms. The van der Waals surface area contributed by atoms with Crippen molar-refractivity contribution in [3.63, 3.8) is 0 Å².